The maximum atomic E-state index is 13.5. The minimum atomic E-state index is -0.851. The Balaban J connectivity index is 3.06. The van der Waals surface area contributed by atoms with Crippen molar-refractivity contribution >= 4 is 24.2 Å². The Labute approximate surface area is 179 Å². The lowest BCUT2D eigenvalue weighted by atomic mass is 9.83. The number of rotatable bonds is 10. The van der Waals surface area contributed by atoms with E-state index in [2.05, 4.69) is 0 Å². The summed E-state index contributed by atoms with van der Waals surface area (Å²) in [6.45, 7) is 7.99. The molecule has 0 aromatic carbocycles. The van der Waals surface area contributed by atoms with Crippen LogP contribution in [0.3, 0.4) is 0 Å². The van der Waals surface area contributed by atoms with E-state index in [4.69, 9.17) is 4.74 Å². The molecule has 1 heterocycles. The number of hydrogen-bond acceptors (Lipinski definition) is 6. The van der Waals surface area contributed by atoms with E-state index in [9.17, 15) is 24.4 Å². The number of hydroxylamine groups is 2. The summed E-state index contributed by atoms with van der Waals surface area (Å²) in [5, 5.41) is 10.2. The minimum absolute atomic E-state index is 0.221. The number of carbonyl (C=O) groups excluding carboxylic acids is 4. The van der Waals surface area contributed by atoms with Crippen molar-refractivity contribution in [3.63, 3.8) is 0 Å². The van der Waals surface area contributed by atoms with Crippen LogP contribution in [0.2, 0.25) is 0 Å². The predicted molar refractivity (Wildman–Crippen MR) is 110 cm³/mol. The van der Waals surface area contributed by atoms with Gasteiger partial charge in [0.25, 0.3) is 0 Å². The van der Waals surface area contributed by atoms with E-state index in [0.29, 0.717) is 37.4 Å². The standard InChI is InChI=1S/C21H37N3O6/c1-6-7-8-9-17(26)24(14-23(29)15-25)18(21(2,3)4)19(27)22-12-10-16(11-13-22)20(28)30-5/h15-16,18,29H,6-14H2,1-5H3/t18-/m0/s1. The molecule has 9 nitrogen and oxygen atoms in total. The van der Waals surface area contributed by atoms with E-state index in [1.807, 2.05) is 27.7 Å². The van der Waals surface area contributed by atoms with Crippen LogP contribution in [-0.2, 0) is 23.9 Å². The summed E-state index contributed by atoms with van der Waals surface area (Å²) in [4.78, 5) is 52.2. The van der Waals surface area contributed by atoms with Gasteiger partial charge in [-0.2, -0.15) is 0 Å². The molecule has 3 amide bonds. The van der Waals surface area contributed by atoms with Crippen molar-refractivity contribution in [3.8, 4) is 0 Å². The zero-order chi connectivity index (χ0) is 22.9. The van der Waals surface area contributed by atoms with E-state index in [1.165, 1.54) is 12.0 Å². The molecule has 0 unspecified atom stereocenters. The molecule has 0 aromatic rings. The van der Waals surface area contributed by atoms with Gasteiger partial charge < -0.3 is 14.5 Å². The van der Waals surface area contributed by atoms with Crippen LogP contribution in [0.25, 0.3) is 0 Å². The monoisotopic (exact) mass is 427 g/mol. The molecule has 9 heteroatoms. The first-order valence-electron chi connectivity index (χ1n) is 10.6. The molecule has 1 rings (SSSR count). The highest BCUT2D eigenvalue weighted by atomic mass is 16.5. The number of carbonyl (C=O) groups is 4. The number of likely N-dealkylation sites (tertiary alicyclic amines) is 1. The summed E-state index contributed by atoms with van der Waals surface area (Å²) >= 11 is 0. The second-order valence-electron chi connectivity index (χ2n) is 8.90. The zero-order valence-electron chi connectivity index (χ0n) is 18.9. The highest BCUT2D eigenvalue weighted by Gasteiger charge is 2.42. The lowest BCUT2D eigenvalue weighted by Gasteiger charge is -2.43. The maximum Gasteiger partial charge on any atom is 0.308 e. The molecule has 0 bridgehead atoms. The van der Waals surface area contributed by atoms with Gasteiger partial charge in [-0.3, -0.25) is 24.4 Å². The lowest BCUT2D eigenvalue weighted by molar-refractivity contribution is -0.174. The number of esters is 1. The van der Waals surface area contributed by atoms with Crippen molar-refractivity contribution in [3.05, 3.63) is 0 Å². The SMILES string of the molecule is CCCCCC(=O)N(CN(O)C=O)[C@@H](C(=O)N1CCC(C(=O)OC)CC1)C(C)(C)C. The largest absolute Gasteiger partial charge is 0.469 e. The Morgan fingerprint density at radius 3 is 2.27 bits per heavy atom. The number of piperidine rings is 1. The summed E-state index contributed by atoms with van der Waals surface area (Å²) in [6.07, 6.45) is 3.97. The average Bonchev–Trinajstić information content (AvgIpc) is 2.71. The number of amides is 3. The van der Waals surface area contributed by atoms with Crippen molar-refractivity contribution in [2.45, 2.75) is 72.3 Å². The van der Waals surface area contributed by atoms with E-state index >= 15 is 0 Å². The summed E-state index contributed by atoms with van der Waals surface area (Å²) < 4.78 is 4.80. The fourth-order valence-electron chi connectivity index (χ4n) is 3.81. The number of nitrogens with zero attached hydrogens (tertiary/aromatic N) is 3. The summed E-state index contributed by atoms with van der Waals surface area (Å²) in [5.74, 6) is -1.03. The van der Waals surface area contributed by atoms with Crippen molar-refractivity contribution in [1.82, 2.24) is 14.9 Å². The van der Waals surface area contributed by atoms with Gasteiger partial charge in [0.15, 0.2) is 0 Å². The van der Waals surface area contributed by atoms with E-state index in [-0.39, 0.29) is 43.2 Å². The first-order valence-corrected chi connectivity index (χ1v) is 10.6. The summed E-state index contributed by atoms with van der Waals surface area (Å²) in [5.41, 5.74) is -0.625. The third-order valence-corrected chi connectivity index (χ3v) is 5.44. The van der Waals surface area contributed by atoms with E-state index in [0.717, 1.165) is 12.8 Å². The molecule has 1 aliphatic rings. The smallest absolute Gasteiger partial charge is 0.308 e. The topological polar surface area (TPSA) is 107 Å². The molecule has 1 aliphatic heterocycles. The van der Waals surface area contributed by atoms with Crippen molar-refractivity contribution < 1.29 is 29.1 Å². The Morgan fingerprint density at radius 1 is 1.20 bits per heavy atom. The molecule has 0 spiro atoms. The normalized spacial score (nSPS) is 16.0. The van der Waals surface area contributed by atoms with Crippen LogP contribution in [0.1, 0.15) is 66.2 Å². The van der Waals surface area contributed by atoms with Gasteiger partial charge in [-0.1, -0.05) is 40.5 Å². The van der Waals surface area contributed by atoms with Gasteiger partial charge in [0.2, 0.25) is 18.2 Å². The van der Waals surface area contributed by atoms with Crippen LogP contribution < -0.4 is 0 Å². The van der Waals surface area contributed by atoms with Crippen LogP contribution in [0.15, 0.2) is 0 Å². The molecule has 0 aliphatic carbocycles. The quantitative estimate of drug-likeness (QED) is 0.143. The Kier molecular flexibility index (Phi) is 10.2. The number of methoxy groups -OCH3 is 1. The highest BCUT2D eigenvalue weighted by molar-refractivity contribution is 5.88. The van der Waals surface area contributed by atoms with Gasteiger partial charge in [0.1, 0.15) is 12.7 Å². The van der Waals surface area contributed by atoms with E-state index < -0.39 is 11.5 Å². The molecule has 1 N–H and O–H groups in total. The average molecular weight is 428 g/mol. The second kappa shape index (κ2) is 11.9. The third kappa shape index (κ3) is 7.27. The van der Waals surface area contributed by atoms with Gasteiger partial charge in [0, 0.05) is 19.5 Å². The molecule has 0 radical (unpaired) electrons. The van der Waals surface area contributed by atoms with Crippen LogP contribution in [0.5, 0.6) is 0 Å². The van der Waals surface area contributed by atoms with Crippen molar-refractivity contribution in [1.29, 1.82) is 0 Å². The molecule has 30 heavy (non-hydrogen) atoms. The first kappa shape index (κ1) is 25.9. The maximum absolute atomic E-state index is 13.5. The second-order valence-corrected chi connectivity index (χ2v) is 8.90. The molecule has 1 saturated heterocycles. The number of hydrogen-bond donors (Lipinski definition) is 1. The molecule has 0 aromatic heterocycles. The Morgan fingerprint density at radius 2 is 1.80 bits per heavy atom. The Bertz CT molecular complexity index is 596. The molecular formula is C21H37N3O6. The Hall–Kier alpha value is -2.16. The molecule has 1 atom stereocenters. The van der Waals surface area contributed by atoms with Crippen LogP contribution >= 0.6 is 0 Å². The molecular weight excluding hydrogens is 390 g/mol. The fraction of sp³-hybridized carbons (Fsp3) is 0.810. The zero-order valence-corrected chi connectivity index (χ0v) is 18.9. The molecule has 0 saturated carbocycles. The van der Waals surface area contributed by atoms with Crippen LogP contribution in [-0.4, -0.2) is 77.2 Å². The highest BCUT2D eigenvalue weighted by Crippen LogP contribution is 2.29. The number of unbranched alkanes of at least 4 members (excludes halogenated alkanes) is 2. The van der Waals surface area contributed by atoms with Gasteiger partial charge in [-0.25, -0.2) is 5.06 Å². The minimum Gasteiger partial charge on any atom is -0.469 e. The lowest BCUT2D eigenvalue weighted by Crippen LogP contribution is -2.59. The number of ether oxygens (including phenoxy) is 1. The van der Waals surface area contributed by atoms with Gasteiger partial charge >= 0.3 is 5.97 Å². The van der Waals surface area contributed by atoms with Crippen LogP contribution in [0.4, 0.5) is 0 Å². The van der Waals surface area contributed by atoms with Gasteiger partial charge in [-0.15, -0.1) is 0 Å². The van der Waals surface area contributed by atoms with Crippen molar-refractivity contribution in [2.24, 2.45) is 11.3 Å². The summed E-state index contributed by atoms with van der Waals surface area (Å²) in [7, 11) is 1.35. The summed E-state index contributed by atoms with van der Waals surface area (Å²) in [6, 6.07) is -0.851. The fourth-order valence-corrected chi connectivity index (χ4v) is 3.81. The van der Waals surface area contributed by atoms with Crippen LogP contribution in [0, 0.1) is 11.3 Å². The predicted octanol–water partition coefficient (Wildman–Crippen LogP) is 2.03. The van der Waals surface area contributed by atoms with Crippen molar-refractivity contribution in [2.75, 3.05) is 26.9 Å². The van der Waals surface area contributed by atoms with E-state index in [1.54, 1.807) is 4.90 Å². The van der Waals surface area contributed by atoms with Gasteiger partial charge in [0.05, 0.1) is 13.0 Å². The molecule has 172 valence electrons. The first-order chi connectivity index (χ1) is 14.1. The van der Waals surface area contributed by atoms with Gasteiger partial charge in [-0.05, 0) is 24.7 Å². The third-order valence-electron chi connectivity index (χ3n) is 5.44. The molecule has 1 fully saturated rings.